The maximum absolute atomic E-state index is 13.5. The van der Waals surface area contributed by atoms with Gasteiger partial charge in [0.25, 0.3) is 0 Å². The number of carbonyl (C=O) groups is 1. The third-order valence-corrected chi connectivity index (χ3v) is 3.78. The second kappa shape index (κ2) is 8.83. The fourth-order valence-electron chi connectivity index (χ4n) is 2.38. The molecule has 0 heterocycles. The van der Waals surface area contributed by atoms with Crippen molar-refractivity contribution < 1.29 is 13.9 Å². The number of nitrogens with zero attached hydrogens (tertiary/aromatic N) is 1. The molecular formula is C20H20FNO2. The van der Waals surface area contributed by atoms with Crippen molar-refractivity contribution >= 4 is 5.97 Å². The van der Waals surface area contributed by atoms with Crippen molar-refractivity contribution in [3.8, 4) is 11.8 Å². The molecule has 2 aromatic carbocycles. The fraction of sp³-hybridized carbons (Fsp3) is 0.300. The van der Waals surface area contributed by atoms with Gasteiger partial charge >= 0.3 is 5.97 Å². The second-order valence-electron chi connectivity index (χ2n) is 5.65. The summed E-state index contributed by atoms with van der Waals surface area (Å²) in [5.74, 6) is -1.16. The molecule has 24 heavy (non-hydrogen) atoms. The summed E-state index contributed by atoms with van der Waals surface area (Å²) in [6, 6.07) is 12.7. The smallest absolute Gasteiger partial charge is 0.343 e. The Morgan fingerprint density at radius 3 is 2.50 bits per heavy atom. The lowest BCUT2D eigenvalue weighted by molar-refractivity contribution is 0.0734. The molecule has 0 atom stereocenters. The lowest BCUT2D eigenvalue weighted by atomic mass is 10.0. The van der Waals surface area contributed by atoms with E-state index in [1.807, 2.05) is 12.1 Å². The van der Waals surface area contributed by atoms with E-state index >= 15 is 0 Å². The normalized spacial score (nSPS) is 10.2. The summed E-state index contributed by atoms with van der Waals surface area (Å²) in [5.41, 5.74) is 1.52. The number of hydrogen-bond donors (Lipinski definition) is 0. The van der Waals surface area contributed by atoms with Crippen LogP contribution < -0.4 is 4.74 Å². The Kier molecular flexibility index (Phi) is 6.51. The van der Waals surface area contributed by atoms with Crippen LogP contribution in [-0.2, 0) is 6.42 Å². The molecule has 4 heteroatoms. The maximum atomic E-state index is 13.5. The number of hydrogen-bond acceptors (Lipinski definition) is 3. The van der Waals surface area contributed by atoms with Crippen molar-refractivity contribution in [3.05, 3.63) is 65.0 Å². The first kappa shape index (κ1) is 17.7. The average Bonchev–Trinajstić information content (AvgIpc) is 2.59. The first-order valence-electron chi connectivity index (χ1n) is 8.15. The summed E-state index contributed by atoms with van der Waals surface area (Å²) >= 11 is 0. The molecule has 0 N–H and O–H groups in total. The summed E-state index contributed by atoms with van der Waals surface area (Å²) in [6.07, 6.45) is 5.80. The molecule has 0 saturated carbocycles. The van der Waals surface area contributed by atoms with E-state index in [9.17, 15) is 9.18 Å². The third-order valence-electron chi connectivity index (χ3n) is 3.78. The predicted molar refractivity (Wildman–Crippen MR) is 90.4 cm³/mol. The molecule has 0 aromatic heterocycles. The maximum Gasteiger partial charge on any atom is 0.343 e. The Morgan fingerprint density at radius 1 is 1.12 bits per heavy atom. The number of rotatable bonds is 7. The molecule has 0 spiro atoms. The minimum Gasteiger partial charge on any atom is -0.423 e. The van der Waals surface area contributed by atoms with Gasteiger partial charge in [-0.2, -0.15) is 5.26 Å². The lowest BCUT2D eigenvalue weighted by Crippen LogP contribution is -2.08. The van der Waals surface area contributed by atoms with Gasteiger partial charge in [0.15, 0.2) is 0 Å². The van der Waals surface area contributed by atoms with E-state index in [1.54, 1.807) is 18.2 Å². The van der Waals surface area contributed by atoms with Crippen molar-refractivity contribution in [2.24, 2.45) is 0 Å². The monoisotopic (exact) mass is 325 g/mol. The molecule has 3 nitrogen and oxygen atoms in total. The van der Waals surface area contributed by atoms with Crippen LogP contribution in [-0.4, -0.2) is 5.97 Å². The van der Waals surface area contributed by atoms with Crippen molar-refractivity contribution in [2.45, 2.75) is 39.0 Å². The Balaban J connectivity index is 1.95. The average molecular weight is 325 g/mol. The van der Waals surface area contributed by atoms with Gasteiger partial charge < -0.3 is 4.74 Å². The van der Waals surface area contributed by atoms with Gasteiger partial charge in [-0.25, -0.2) is 9.18 Å². The topological polar surface area (TPSA) is 50.1 Å². The Hall–Kier alpha value is -2.67. The van der Waals surface area contributed by atoms with Gasteiger partial charge in [-0.05, 0) is 42.7 Å². The molecule has 0 aliphatic heterocycles. The molecule has 0 fully saturated rings. The van der Waals surface area contributed by atoms with E-state index in [4.69, 9.17) is 10.00 Å². The van der Waals surface area contributed by atoms with Crippen LogP contribution in [0.25, 0.3) is 0 Å². The summed E-state index contributed by atoms with van der Waals surface area (Å²) in [6.45, 7) is 2.18. The molecule has 0 amide bonds. The molecule has 0 bridgehead atoms. The molecule has 0 radical (unpaired) electrons. The Morgan fingerprint density at radius 2 is 1.88 bits per heavy atom. The van der Waals surface area contributed by atoms with Gasteiger partial charge in [-0.1, -0.05) is 38.3 Å². The summed E-state index contributed by atoms with van der Waals surface area (Å²) < 4.78 is 18.7. The molecule has 0 unspecified atom stereocenters. The quantitative estimate of drug-likeness (QED) is 0.407. The number of carbonyl (C=O) groups excluding carboxylic acids is 1. The number of unbranched alkanes of at least 4 members (excludes halogenated alkanes) is 3. The van der Waals surface area contributed by atoms with Crippen molar-refractivity contribution in [3.63, 3.8) is 0 Å². The van der Waals surface area contributed by atoms with E-state index in [2.05, 4.69) is 6.92 Å². The van der Waals surface area contributed by atoms with Crippen LogP contribution in [0, 0.1) is 17.1 Å². The SMILES string of the molecule is CCCCCCc1ccc(C(=O)Oc2ccc(C#N)c(F)c2)cc1. The Bertz CT molecular complexity index is 732. The van der Waals surface area contributed by atoms with Crippen LogP contribution in [0.5, 0.6) is 5.75 Å². The standard InChI is InChI=1S/C20H20FNO2/c1-2-3-4-5-6-15-7-9-16(10-8-15)20(23)24-18-12-11-17(14-22)19(21)13-18/h7-13H,2-6H2,1H3. The highest BCUT2D eigenvalue weighted by atomic mass is 19.1. The van der Waals surface area contributed by atoms with Gasteiger partial charge in [0, 0.05) is 6.07 Å². The molecule has 124 valence electrons. The zero-order chi connectivity index (χ0) is 17.4. The van der Waals surface area contributed by atoms with Crippen LogP contribution in [0.3, 0.4) is 0 Å². The first-order chi connectivity index (χ1) is 11.6. The number of ether oxygens (including phenoxy) is 1. The number of aryl methyl sites for hydroxylation is 1. The summed E-state index contributed by atoms with van der Waals surface area (Å²) in [7, 11) is 0. The minimum absolute atomic E-state index is 0.0813. The van der Waals surface area contributed by atoms with Crippen LogP contribution in [0.1, 0.15) is 54.1 Å². The van der Waals surface area contributed by atoms with E-state index in [0.29, 0.717) is 5.56 Å². The van der Waals surface area contributed by atoms with Gasteiger partial charge in [0.2, 0.25) is 0 Å². The Labute approximate surface area is 141 Å². The first-order valence-corrected chi connectivity index (χ1v) is 8.15. The molecule has 0 aliphatic carbocycles. The molecule has 2 rings (SSSR count). The van der Waals surface area contributed by atoms with Crippen LogP contribution in [0.4, 0.5) is 4.39 Å². The molecule has 0 saturated heterocycles. The second-order valence-corrected chi connectivity index (χ2v) is 5.65. The number of halogens is 1. The number of benzene rings is 2. The van der Waals surface area contributed by atoms with E-state index in [0.717, 1.165) is 18.9 Å². The number of esters is 1. The molecule has 0 aliphatic rings. The predicted octanol–water partition coefficient (Wildman–Crippen LogP) is 5.04. The van der Waals surface area contributed by atoms with Gasteiger partial charge in [0.1, 0.15) is 17.6 Å². The van der Waals surface area contributed by atoms with Crippen molar-refractivity contribution in [1.82, 2.24) is 0 Å². The van der Waals surface area contributed by atoms with E-state index < -0.39 is 11.8 Å². The zero-order valence-corrected chi connectivity index (χ0v) is 13.7. The van der Waals surface area contributed by atoms with Crippen LogP contribution in [0.15, 0.2) is 42.5 Å². The minimum atomic E-state index is -0.703. The van der Waals surface area contributed by atoms with Crippen LogP contribution >= 0.6 is 0 Å². The van der Waals surface area contributed by atoms with E-state index in [1.165, 1.54) is 37.0 Å². The molecular weight excluding hydrogens is 305 g/mol. The molecule has 2 aromatic rings. The highest BCUT2D eigenvalue weighted by molar-refractivity contribution is 5.91. The lowest BCUT2D eigenvalue weighted by Gasteiger charge is -2.06. The van der Waals surface area contributed by atoms with Crippen molar-refractivity contribution in [2.75, 3.05) is 0 Å². The highest BCUT2D eigenvalue weighted by Crippen LogP contribution is 2.18. The van der Waals surface area contributed by atoms with Gasteiger partial charge in [-0.15, -0.1) is 0 Å². The third kappa shape index (κ3) is 4.92. The fourth-order valence-corrected chi connectivity index (χ4v) is 2.38. The van der Waals surface area contributed by atoms with Gasteiger partial charge in [0.05, 0.1) is 11.1 Å². The summed E-state index contributed by atoms with van der Waals surface area (Å²) in [5, 5.41) is 8.69. The van der Waals surface area contributed by atoms with Crippen LogP contribution in [0.2, 0.25) is 0 Å². The highest BCUT2D eigenvalue weighted by Gasteiger charge is 2.10. The van der Waals surface area contributed by atoms with Crippen molar-refractivity contribution in [1.29, 1.82) is 5.26 Å². The largest absolute Gasteiger partial charge is 0.423 e. The van der Waals surface area contributed by atoms with E-state index in [-0.39, 0.29) is 11.3 Å². The van der Waals surface area contributed by atoms with Gasteiger partial charge in [-0.3, -0.25) is 0 Å². The zero-order valence-electron chi connectivity index (χ0n) is 13.7. The number of nitriles is 1. The summed E-state index contributed by atoms with van der Waals surface area (Å²) in [4.78, 5) is 12.1.